The lowest BCUT2D eigenvalue weighted by Gasteiger charge is -2.10. The number of nitrogens with two attached hydrogens (primary N) is 1. The summed E-state index contributed by atoms with van der Waals surface area (Å²) in [6, 6.07) is 5.06. The van der Waals surface area contributed by atoms with Crippen LogP contribution >= 0.6 is 27.5 Å². The normalized spacial score (nSPS) is 10.4. The Balaban J connectivity index is 2.40. The van der Waals surface area contributed by atoms with E-state index in [9.17, 15) is 8.78 Å². The predicted octanol–water partition coefficient (Wildman–Crippen LogP) is 4.10. The van der Waals surface area contributed by atoms with Crippen LogP contribution in [0, 0.1) is 11.6 Å². The lowest BCUT2D eigenvalue weighted by atomic mass is 10.3. The van der Waals surface area contributed by atoms with Crippen LogP contribution in [-0.2, 0) is 0 Å². The van der Waals surface area contributed by atoms with Crippen molar-refractivity contribution in [1.29, 1.82) is 0 Å². The number of hydrogen-bond acceptors (Lipinski definition) is 3. The summed E-state index contributed by atoms with van der Waals surface area (Å²) in [7, 11) is 0. The minimum absolute atomic E-state index is 0.0461. The Hall–Kier alpha value is -1.40. The molecule has 0 radical (unpaired) electrons. The van der Waals surface area contributed by atoms with Crippen molar-refractivity contribution in [3.05, 3.63) is 45.5 Å². The van der Waals surface area contributed by atoms with Crippen LogP contribution < -0.4 is 11.1 Å². The average Bonchev–Trinajstić information content (AvgIpc) is 2.30. The van der Waals surface area contributed by atoms with Gasteiger partial charge in [-0.1, -0.05) is 11.6 Å². The minimum Gasteiger partial charge on any atom is -0.396 e. The van der Waals surface area contributed by atoms with E-state index in [4.69, 9.17) is 17.3 Å². The van der Waals surface area contributed by atoms with E-state index in [1.807, 2.05) is 0 Å². The standard InChI is InChI=1S/C11H7BrClF2N3/c12-5-3-9(7(15)4-6(5)14)17-11-8(16)1-2-10(13)18-11/h1-4H,16H2,(H,17,18). The summed E-state index contributed by atoms with van der Waals surface area (Å²) in [5.74, 6) is -1.23. The summed E-state index contributed by atoms with van der Waals surface area (Å²) >= 11 is 8.68. The molecule has 94 valence electrons. The fraction of sp³-hybridized carbons (Fsp3) is 0. The number of nitrogens with one attached hydrogen (secondary N) is 1. The van der Waals surface area contributed by atoms with Crippen LogP contribution in [0.3, 0.4) is 0 Å². The molecule has 0 saturated heterocycles. The van der Waals surface area contributed by atoms with Crippen LogP contribution in [0.5, 0.6) is 0 Å². The molecule has 0 saturated carbocycles. The zero-order valence-corrected chi connectivity index (χ0v) is 11.2. The van der Waals surface area contributed by atoms with Gasteiger partial charge >= 0.3 is 0 Å². The second kappa shape index (κ2) is 5.07. The summed E-state index contributed by atoms with van der Waals surface area (Å²) < 4.78 is 26.7. The molecule has 3 nitrogen and oxygen atoms in total. The van der Waals surface area contributed by atoms with Crippen molar-refractivity contribution in [1.82, 2.24) is 4.98 Å². The first kappa shape index (κ1) is 13.0. The van der Waals surface area contributed by atoms with Crippen molar-refractivity contribution in [2.45, 2.75) is 0 Å². The van der Waals surface area contributed by atoms with Gasteiger partial charge in [0, 0.05) is 6.07 Å². The Bertz CT molecular complexity index is 607. The number of anilines is 3. The Morgan fingerprint density at radius 1 is 1.22 bits per heavy atom. The van der Waals surface area contributed by atoms with E-state index in [0.29, 0.717) is 5.69 Å². The Morgan fingerprint density at radius 3 is 2.67 bits per heavy atom. The summed E-state index contributed by atoms with van der Waals surface area (Å²) in [4.78, 5) is 3.91. The van der Waals surface area contributed by atoms with E-state index in [1.54, 1.807) is 0 Å². The largest absolute Gasteiger partial charge is 0.396 e. The highest BCUT2D eigenvalue weighted by molar-refractivity contribution is 9.10. The molecule has 0 aliphatic rings. The Morgan fingerprint density at radius 2 is 1.94 bits per heavy atom. The van der Waals surface area contributed by atoms with Crippen molar-refractivity contribution in [3.8, 4) is 0 Å². The maximum atomic E-state index is 13.5. The van der Waals surface area contributed by atoms with Gasteiger partial charge in [0.2, 0.25) is 0 Å². The third-order valence-electron chi connectivity index (χ3n) is 2.16. The van der Waals surface area contributed by atoms with Crippen LogP contribution in [0.15, 0.2) is 28.7 Å². The number of benzene rings is 1. The molecule has 18 heavy (non-hydrogen) atoms. The van der Waals surface area contributed by atoms with Gasteiger partial charge in [-0.3, -0.25) is 0 Å². The zero-order valence-electron chi connectivity index (χ0n) is 8.85. The second-order valence-corrected chi connectivity index (χ2v) is 4.68. The number of nitrogen functional groups attached to an aromatic ring is 1. The fourth-order valence-electron chi connectivity index (χ4n) is 1.29. The van der Waals surface area contributed by atoms with E-state index in [0.717, 1.165) is 6.07 Å². The number of aromatic nitrogens is 1. The van der Waals surface area contributed by atoms with Gasteiger partial charge in [0.1, 0.15) is 16.8 Å². The summed E-state index contributed by atoms with van der Waals surface area (Å²) in [5.41, 5.74) is 6.01. The molecule has 0 fully saturated rings. The SMILES string of the molecule is Nc1ccc(Cl)nc1Nc1cc(Br)c(F)cc1F. The molecule has 1 aromatic heterocycles. The van der Waals surface area contributed by atoms with Crippen molar-refractivity contribution >= 4 is 44.7 Å². The molecule has 0 unspecified atom stereocenters. The van der Waals surface area contributed by atoms with Gasteiger partial charge in [0.05, 0.1) is 15.8 Å². The quantitative estimate of drug-likeness (QED) is 0.642. The lowest BCUT2D eigenvalue weighted by molar-refractivity contribution is 0.581. The van der Waals surface area contributed by atoms with Gasteiger partial charge in [-0.2, -0.15) is 0 Å². The van der Waals surface area contributed by atoms with Crippen LogP contribution in [0.1, 0.15) is 0 Å². The average molecular weight is 335 g/mol. The molecule has 0 aliphatic carbocycles. The summed E-state index contributed by atoms with van der Waals surface area (Å²) in [5, 5.41) is 2.87. The molecule has 3 N–H and O–H groups in total. The van der Waals surface area contributed by atoms with Crippen LogP contribution in [0.4, 0.5) is 26.0 Å². The fourth-order valence-corrected chi connectivity index (χ4v) is 1.78. The topological polar surface area (TPSA) is 50.9 Å². The van der Waals surface area contributed by atoms with E-state index in [2.05, 4.69) is 26.2 Å². The Labute approximate surface area is 115 Å². The van der Waals surface area contributed by atoms with Gasteiger partial charge in [-0.05, 0) is 34.1 Å². The third-order valence-corrected chi connectivity index (χ3v) is 2.97. The van der Waals surface area contributed by atoms with Crippen molar-refractivity contribution in [3.63, 3.8) is 0 Å². The van der Waals surface area contributed by atoms with Crippen LogP contribution in [-0.4, -0.2) is 4.98 Å². The van der Waals surface area contributed by atoms with E-state index >= 15 is 0 Å². The number of rotatable bonds is 2. The van der Waals surface area contributed by atoms with E-state index in [1.165, 1.54) is 18.2 Å². The van der Waals surface area contributed by atoms with Gasteiger partial charge in [-0.15, -0.1) is 0 Å². The maximum Gasteiger partial charge on any atom is 0.155 e. The van der Waals surface area contributed by atoms with Crippen LogP contribution in [0.2, 0.25) is 5.15 Å². The first-order chi connectivity index (χ1) is 8.47. The molecule has 0 spiro atoms. The van der Waals surface area contributed by atoms with Crippen molar-refractivity contribution < 1.29 is 8.78 Å². The first-order valence-corrected chi connectivity index (χ1v) is 5.98. The molecule has 0 atom stereocenters. The summed E-state index contributed by atoms with van der Waals surface area (Å²) in [6.07, 6.45) is 0. The molecule has 1 heterocycles. The van der Waals surface area contributed by atoms with Gasteiger partial charge in [0.15, 0.2) is 5.82 Å². The van der Waals surface area contributed by atoms with Gasteiger partial charge in [-0.25, -0.2) is 13.8 Å². The predicted molar refractivity (Wildman–Crippen MR) is 71.0 cm³/mol. The summed E-state index contributed by atoms with van der Waals surface area (Å²) in [6.45, 7) is 0. The number of halogens is 4. The highest BCUT2D eigenvalue weighted by Crippen LogP contribution is 2.28. The molecule has 1 aromatic carbocycles. The van der Waals surface area contributed by atoms with Gasteiger partial charge in [0.25, 0.3) is 0 Å². The van der Waals surface area contributed by atoms with E-state index in [-0.39, 0.29) is 21.1 Å². The monoisotopic (exact) mass is 333 g/mol. The maximum absolute atomic E-state index is 13.5. The molecule has 7 heteroatoms. The highest BCUT2D eigenvalue weighted by atomic mass is 79.9. The zero-order chi connectivity index (χ0) is 13.3. The van der Waals surface area contributed by atoms with Crippen molar-refractivity contribution in [2.24, 2.45) is 0 Å². The lowest BCUT2D eigenvalue weighted by Crippen LogP contribution is -2.01. The first-order valence-electron chi connectivity index (χ1n) is 4.81. The molecular weight excluding hydrogens is 327 g/mol. The van der Waals surface area contributed by atoms with Gasteiger partial charge < -0.3 is 11.1 Å². The molecule has 2 aromatic rings. The van der Waals surface area contributed by atoms with E-state index < -0.39 is 11.6 Å². The Kier molecular flexibility index (Phi) is 3.68. The minimum atomic E-state index is -0.753. The van der Waals surface area contributed by atoms with Crippen LogP contribution in [0.25, 0.3) is 0 Å². The molecule has 0 bridgehead atoms. The molecule has 0 aliphatic heterocycles. The molecule has 0 amide bonds. The second-order valence-electron chi connectivity index (χ2n) is 3.44. The molecular formula is C11H7BrClF2N3. The van der Waals surface area contributed by atoms with Crippen molar-refractivity contribution in [2.75, 3.05) is 11.1 Å². The highest BCUT2D eigenvalue weighted by Gasteiger charge is 2.10. The smallest absolute Gasteiger partial charge is 0.155 e. The number of pyridine rings is 1. The number of hydrogen-bond donors (Lipinski definition) is 2. The third kappa shape index (κ3) is 2.70. The molecule has 2 rings (SSSR count). The number of nitrogens with zero attached hydrogens (tertiary/aromatic N) is 1.